The third kappa shape index (κ3) is 1.85. The lowest BCUT2D eigenvalue weighted by Crippen LogP contribution is -2.32. The Morgan fingerprint density at radius 1 is 0.900 bits per heavy atom. The quantitative estimate of drug-likeness (QED) is 0.780. The lowest BCUT2D eigenvalue weighted by molar-refractivity contribution is -0.119. The first-order valence-electron chi connectivity index (χ1n) is 5.93. The van der Waals surface area contributed by atoms with Crippen LogP contribution >= 0.6 is 0 Å². The molecule has 0 bridgehead atoms. The van der Waals surface area contributed by atoms with Gasteiger partial charge in [0.25, 0.3) is 5.78 Å². The van der Waals surface area contributed by atoms with Crippen molar-refractivity contribution >= 4 is 23.3 Å². The number of ketones is 1. The average molecular weight is 267 g/mol. The van der Waals surface area contributed by atoms with Crippen molar-refractivity contribution in [2.75, 3.05) is 5.06 Å². The zero-order chi connectivity index (χ0) is 14.1. The molecular formula is C15H9NO4. The summed E-state index contributed by atoms with van der Waals surface area (Å²) in [6.07, 6.45) is 0. The first-order chi connectivity index (χ1) is 9.68. The Bertz CT molecular complexity index is 709. The first kappa shape index (κ1) is 12.1. The zero-order valence-electron chi connectivity index (χ0n) is 10.3. The van der Waals surface area contributed by atoms with Gasteiger partial charge in [-0.1, -0.05) is 30.3 Å². The van der Waals surface area contributed by atoms with E-state index < -0.39 is 17.7 Å². The summed E-state index contributed by atoms with van der Waals surface area (Å²) >= 11 is 0. The van der Waals surface area contributed by atoms with Crippen molar-refractivity contribution in [3.63, 3.8) is 0 Å². The molecule has 1 aliphatic rings. The number of nitrogens with zero attached hydrogens (tertiary/aromatic N) is 1. The van der Waals surface area contributed by atoms with E-state index in [0.29, 0.717) is 5.56 Å². The third-order valence-electron chi connectivity index (χ3n) is 2.93. The molecule has 1 heterocycles. The number of rotatable bonds is 2. The van der Waals surface area contributed by atoms with E-state index >= 15 is 0 Å². The molecular weight excluding hydrogens is 258 g/mol. The van der Waals surface area contributed by atoms with E-state index in [4.69, 9.17) is 4.84 Å². The van der Waals surface area contributed by atoms with Crippen LogP contribution in [0.1, 0.15) is 20.7 Å². The van der Waals surface area contributed by atoms with Crippen LogP contribution in [0, 0.1) is 0 Å². The molecule has 0 fully saturated rings. The van der Waals surface area contributed by atoms with E-state index in [1.807, 2.05) is 0 Å². The minimum atomic E-state index is -0.865. The van der Waals surface area contributed by atoms with Gasteiger partial charge in [0.05, 0.1) is 16.8 Å². The second kappa shape index (κ2) is 4.62. The van der Waals surface area contributed by atoms with Gasteiger partial charge in [0.2, 0.25) is 0 Å². The van der Waals surface area contributed by atoms with Crippen LogP contribution in [0.4, 0.5) is 5.69 Å². The van der Waals surface area contributed by atoms with Gasteiger partial charge in [0.15, 0.2) is 0 Å². The second-order valence-electron chi connectivity index (χ2n) is 4.19. The maximum absolute atomic E-state index is 11.9. The molecule has 3 rings (SSSR count). The van der Waals surface area contributed by atoms with Gasteiger partial charge in [-0.3, -0.25) is 9.59 Å². The molecule has 0 saturated carbocycles. The zero-order valence-corrected chi connectivity index (χ0v) is 10.3. The number of anilines is 1. The minimum Gasteiger partial charge on any atom is -0.327 e. The van der Waals surface area contributed by atoms with E-state index in [2.05, 4.69) is 0 Å². The minimum absolute atomic E-state index is 0.235. The summed E-state index contributed by atoms with van der Waals surface area (Å²) in [5, 5.41) is 0.743. The number of hydroxylamine groups is 1. The van der Waals surface area contributed by atoms with Gasteiger partial charge in [0, 0.05) is 0 Å². The molecule has 0 atom stereocenters. The van der Waals surface area contributed by atoms with Crippen LogP contribution in [0.5, 0.6) is 0 Å². The summed E-state index contributed by atoms with van der Waals surface area (Å²) in [7, 11) is 0. The Labute approximate surface area is 114 Å². The van der Waals surface area contributed by atoms with E-state index in [1.54, 1.807) is 48.5 Å². The molecule has 1 aliphatic heterocycles. The largest absolute Gasteiger partial charge is 0.363 e. The Kier molecular flexibility index (Phi) is 2.80. The first-order valence-corrected chi connectivity index (χ1v) is 5.93. The standard InChI is InChI=1S/C15H9NO4/c17-13-11-8-4-5-9-12(11)16(14(13)18)20-15(19)10-6-2-1-3-7-10/h1-9H. The highest BCUT2D eigenvalue weighted by molar-refractivity contribution is 6.51. The lowest BCUT2D eigenvalue weighted by atomic mass is 10.1. The predicted octanol–water partition coefficient (Wildman–Crippen LogP) is 1.99. The van der Waals surface area contributed by atoms with Crippen LogP contribution in [-0.2, 0) is 9.63 Å². The van der Waals surface area contributed by atoms with Crippen molar-refractivity contribution in [3.05, 3.63) is 65.7 Å². The van der Waals surface area contributed by atoms with Crippen molar-refractivity contribution in [2.45, 2.75) is 0 Å². The highest BCUT2D eigenvalue weighted by Crippen LogP contribution is 2.29. The number of hydrogen-bond donors (Lipinski definition) is 0. The van der Waals surface area contributed by atoms with Crippen LogP contribution in [0.2, 0.25) is 0 Å². The molecule has 0 radical (unpaired) electrons. The lowest BCUT2D eigenvalue weighted by Gasteiger charge is -2.14. The maximum Gasteiger partial charge on any atom is 0.363 e. The molecule has 0 unspecified atom stereocenters. The van der Waals surface area contributed by atoms with Crippen LogP contribution < -0.4 is 5.06 Å². The van der Waals surface area contributed by atoms with Crippen molar-refractivity contribution in [3.8, 4) is 0 Å². The van der Waals surface area contributed by atoms with Gasteiger partial charge in [-0.15, -0.1) is 5.06 Å². The topological polar surface area (TPSA) is 63.7 Å². The summed E-state index contributed by atoms with van der Waals surface area (Å²) in [6.45, 7) is 0. The second-order valence-corrected chi connectivity index (χ2v) is 4.19. The number of fused-ring (bicyclic) bond motifs is 1. The summed E-state index contributed by atoms with van der Waals surface area (Å²) in [5.74, 6) is -2.24. The van der Waals surface area contributed by atoms with Crippen LogP contribution in [0.3, 0.4) is 0 Å². The Morgan fingerprint density at radius 3 is 2.30 bits per heavy atom. The van der Waals surface area contributed by atoms with Crippen molar-refractivity contribution in [2.24, 2.45) is 0 Å². The molecule has 5 nitrogen and oxygen atoms in total. The van der Waals surface area contributed by atoms with Gasteiger partial charge in [-0.25, -0.2) is 4.79 Å². The fourth-order valence-electron chi connectivity index (χ4n) is 1.96. The van der Waals surface area contributed by atoms with Crippen molar-refractivity contribution in [1.29, 1.82) is 0 Å². The molecule has 0 spiro atoms. The maximum atomic E-state index is 11.9. The SMILES string of the molecule is O=C(ON1C(=O)C(=O)c2ccccc21)c1ccccc1. The molecule has 2 aromatic carbocycles. The molecule has 0 aliphatic carbocycles. The van der Waals surface area contributed by atoms with Crippen LogP contribution in [0.25, 0.3) is 0 Å². The van der Waals surface area contributed by atoms with Gasteiger partial charge in [-0.2, -0.15) is 0 Å². The van der Waals surface area contributed by atoms with Gasteiger partial charge in [0.1, 0.15) is 0 Å². The number of benzene rings is 2. The normalized spacial score (nSPS) is 13.3. The Morgan fingerprint density at radius 2 is 1.55 bits per heavy atom. The van der Waals surface area contributed by atoms with E-state index in [9.17, 15) is 14.4 Å². The average Bonchev–Trinajstić information content (AvgIpc) is 2.74. The summed E-state index contributed by atoms with van der Waals surface area (Å²) in [6, 6.07) is 14.6. The summed E-state index contributed by atoms with van der Waals surface area (Å²) < 4.78 is 0. The van der Waals surface area contributed by atoms with Gasteiger partial charge in [-0.05, 0) is 24.3 Å². The van der Waals surface area contributed by atoms with Crippen LogP contribution in [0.15, 0.2) is 54.6 Å². The molecule has 0 aromatic heterocycles. The van der Waals surface area contributed by atoms with E-state index in [-0.39, 0.29) is 11.3 Å². The van der Waals surface area contributed by atoms with E-state index in [1.165, 1.54) is 6.07 Å². The molecule has 0 saturated heterocycles. The Balaban J connectivity index is 1.91. The molecule has 20 heavy (non-hydrogen) atoms. The fraction of sp³-hybridized carbons (Fsp3) is 0. The van der Waals surface area contributed by atoms with Crippen molar-refractivity contribution in [1.82, 2.24) is 0 Å². The molecule has 98 valence electrons. The number of amides is 1. The Hall–Kier alpha value is -2.95. The summed E-state index contributed by atoms with van der Waals surface area (Å²) in [4.78, 5) is 40.5. The molecule has 1 amide bonds. The highest BCUT2D eigenvalue weighted by atomic mass is 16.7. The number of hydrogen-bond acceptors (Lipinski definition) is 4. The van der Waals surface area contributed by atoms with Gasteiger partial charge >= 0.3 is 11.9 Å². The number of Topliss-reactive ketones (excluding diaryl/α,β-unsaturated/α-hetero) is 1. The van der Waals surface area contributed by atoms with E-state index in [0.717, 1.165) is 5.06 Å². The number of carbonyl (C=O) groups is 3. The fourth-order valence-corrected chi connectivity index (χ4v) is 1.96. The predicted molar refractivity (Wildman–Crippen MR) is 70.1 cm³/mol. The molecule has 5 heteroatoms. The van der Waals surface area contributed by atoms with Gasteiger partial charge < -0.3 is 4.84 Å². The number of carbonyl (C=O) groups excluding carboxylic acids is 3. The van der Waals surface area contributed by atoms with Crippen molar-refractivity contribution < 1.29 is 19.2 Å². The van der Waals surface area contributed by atoms with Crippen LogP contribution in [-0.4, -0.2) is 17.7 Å². The smallest absolute Gasteiger partial charge is 0.327 e. The number of para-hydroxylation sites is 1. The third-order valence-corrected chi connectivity index (χ3v) is 2.93. The molecule has 2 aromatic rings. The molecule has 0 N–H and O–H groups in total. The summed E-state index contributed by atoms with van der Waals surface area (Å²) in [5.41, 5.74) is 0.822. The monoisotopic (exact) mass is 267 g/mol. The highest BCUT2D eigenvalue weighted by Gasteiger charge is 2.38.